The average molecular weight is 419 g/mol. The molecule has 0 spiro atoms. The number of hydrogen-bond acceptors (Lipinski definition) is 3. The average Bonchev–Trinajstić information content (AvgIpc) is 2.84. The molecule has 1 N–H and O–H groups in total. The number of nitrogens with one attached hydrogen (secondary N) is 1. The molecule has 0 unspecified atom stereocenters. The number of aromatic nitrogens is 2. The quantitative estimate of drug-likeness (QED) is 0.575. The van der Waals surface area contributed by atoms with E-state index in [0.717, 1.165) is 22.5 Å². The Bertz CT molecular complexity index is 736. The third kappa shape index (κ3) is 5.75. The van der Waals surface area contributed by atoms with Crippen molar-refractivity contribution in [1.29, 1.82) is 0 Å². The molecule has 0 saturated carbocycles. The van der Waals surface area contributed by atoms with E-state index in [-0.39, 0.29) is 57.7 Å². The topological polar surface area (TPSA) is 64.2 Å². The number of carbonyl (C=O) groups excluding carboxylic acids is 2. The molecule has 2 rings (SSSR count). The van der Waals surface area contributed by atoms with Gasteiger partial charge in [0.2, 0.25) is 5.91 Å². The smallest absolute Gasteiger partial charge is 0.375 e. The van der Waals surface area contributed by atoms with Gasteiger partial charge in [0, 0.05) is 44.5 Å². The number of anilines is 1. The predicted octanol–water partition coefficient (Wildman–Crippen LogP) is 1.90. The molecular weight excluding hydrogens is 395 g/mol. The van der Waals surface area contributed by atoms with Gasteiger partial charge in [0.1, 0.15) is 0 Å². The molecule has 0 fully saturated rings. The van der Waals surface area contributed by atoms with Crippen LogP contribution in [0.25, 0.3) is 0 Å². The van der Waals surface area contributed by atoms with Gasteiger partial charge in [0.05, 0.1) is 12.3 Å². The maximum Gasteiger partial charge on any atom is 0.375 e. The van der Waals surface area contributed by atoms with Crippen molar-refractivity contribution >= 4 is 17.6 Å². The Morgan fingerprint density at radius 3 is 2.40 bits per heavy atom. The van der Waals surface area contributed by atoms with Crippen LogP contribution in [0.4, 0.5) is 5.69 Å². The Hall–Kier alpha value is -1.53. The van der Waals surface area contributed by atoms with Gasteiger partial charge in [-0.1, -0.05) is 18.2 Å². The van der Waals surface area contributed by atoms with Gasteiger partial charge in [-0.05, 0) is 38.8 Å². The molecule has 1 aromatic heterocycles. The maximum atomic E-state index is 12.4. The molecule has 0 bridgehead atoms. The van der Waals surface area contributed by atoms with Crippen molar-refractivity contribution in [3.05, 3.63) is 47.3 Å². The van der Waals surface area contributed by atoms with Crippen molar-refractivity contribution in [3.8, 4) is 0 Å². The van der Waals surface area contributed by atoms with Gasteiger partial charge >= 0.3 is 5.97 Å². The number of aryl methyl sites for hydroxylation is 3. The van der Waals surface area contributed by atoms with Crippen LogP contribution in [0, 0.1) is 20.8 Å². The number of amides is 1. The Labute approximate surface area is 173 Å². The molecule has 0 aliphatic heterocycles. The first kappa shape index (κ1) is 21.5. The molecule has 0 aliphatic rings. The summed E-state index contributed by atoms with van der Waals surface area (Å²) in [7, 11) is 0. The van der Waals surface area contributed by atoms with Crippen LogP contribution in [-0.4, -0.2) is 23.2 Å². The van der Waals surface area contributed by atoms with Crippen molar-refractivity contribution in [2.75, 3.05) is 11.9 Å². The van der Waals surface area contributed by atoms with E-state index in [1.807, 2.05) is 45.0 Å². The SMILES string of the molecule is CCOC(=O)C[n+]1ccc(C)n1CC(=O)Nc1c(C)cccc1C.[Y]. The zero-order chi connectivity index (χ0) is 17.7. The van der Waals surface area contributed by atoms with E-state index in [4.69, 9.17) is 4.74 Å². The summed E-state index contributed by atoms with van der Waals surface area (Å²) in [4.78, 5) is 24.1. The van der Waals surface area contributed by atoms with E-state index in [2.05, 4.69) is 5.32 Å². The predicted molar refractivity (Wildman–Crippen MR) is 90.5 cm³/mol. The number of carbonyl (C=O) groups is 2. The standard InChI is InChI=1S/C18H23N3O3.Y/c1-5-24-17(23)12-20-10-9-15(4)21(20)11-16(22)19-18-13(2)7-6-8-14(18)3;/h6-10H,5,11-12H2,1-4H3;/p+1. The van der Waals surface area contributed by atoms with Crippen molar-refractivity contribution in [2.45, 2.75) is 40.8 Å². The minimum Gasteiger partial charge on any atom is -0.461 e. The van der Waals surface area contributed by atoms with Gasteiger partial charge in [0.15, 0.2) is 12.7 Å². The Balaban J connectivity index is 0.00000312. The summed E-state index contributed by atoms with van der Waals surface area (Å²) in [6.45, 7) is 8.14. The molecule has 131 valence electrons. The molecule has 1 amide bonds. The number of nitrogens with zero attached hydrogens (tertiary/aromatic N) is 2. The Morgan fingerprint density at radius 1 is 1.16 bits per heavy atom. The number of rotatable bonds is 6. The van der Waals surface area contributed by atoms with Gasteiger partial charge in [-0.15, -0.1) is 9.36 Å². The van der Waals surface area contributed by atoms with Gasteiger partial charge in [0.25, 0.3) is 6.54 Å². The van der Waals surface area contributed by atoms with Crippen LogP contribution in [0.2, 0.25) is 0 Å². The summed E-state index contributed by atoms with van der Waals surface area (Å²) in [6, 6.07) is 7.75. The molecule has 25 heavy (non-hydrogen) atoms. The second-order valence-electron chi connectivity index (χ2n) is 5.73. The first-order chi connectivity index (χ1) is 11.4. The third-order valence-corrected chi connectivity index (χ3v) is 3.84. The van der Waals surface area contributed by atoms with Crippen LogP contribution in [0.1, 0.15) is 23.7 Å². The van der Waals surface area contributed by atoms with Crippen LogP contribution in [0.3, 0.4) is 0 Å². The number of para-hydroxylation sites is 1. The number of esters is 1. The first-order valence-electron chi connectivity index (χ1n) is 8.00. The van der Waals surface area contributed by atoms with E-state index in [1.165, 1.54) is 0 Å². The summed E-state index contributed by atoms with van der Waals surface area (Å²) in [5, 5.41) is 2.96. The first-order valence-corrected chi connectivity index (χ1v) is 8.00. The minimum atomic E-state index is -0.322. The Kier molecular flexibility index (Phi) is 8.46. The molecule has 0 saturated heterocycles. The second-order valence-corrected chi connectivity index (χ2v) is 5.73. The molecule has 1 heterocycles. The van der Waals surface area contributed by atoms with Crippen LogP contribution in [0.15, 0.2) is 30.5 Å². The molecule has 1 aromatic carbocycles. The van der Waals surface area contributed by atoms with Crippen LogP contribution >= 0.6 is 0 Å². The molecular formula is C18H24N3O3Y+. The molecule has 7 heteroatoms. The zero-order valence-electron chi connectivity index (χ0n) is 15.2. The second kappa shape index (κ2) is 9.83. The fourth-order valence-electron chi connectivity index (χ4n) is 2.58. The largest absolute Gasteiger partial charge is 0.461 e. The van der Waals surface area contributed by atoms with E-state index >= 15 is 0 Å². The van der Waals surface area contributed by atoms with Crippen molar-refractivity contribution < 1.29 is 51.7 Å². The van der Waals surface area contributed by atoms with Gasteiger partial charge in [-0.3, -0.25) is 4.79 Å². The number of hydrogen-bond donors (Lipinski definition) is 1. The molecule has 6 nitrogen and oxygen atoms in total. The summed E-state index contributed by atoms with van der Waals surface area (Å²) >= 11 is 0. The van der Waals surface area contributed by atoms with Crippen LogP contribution in [0.5, 0.6) is 0 Å². The fourth-order valence-corrected chi connectivity index (χ4v) is 2.58. The van der Waals surface area contributed by atoms with Gasteiger partial charge in [-0.25, -0.2) is 4.79 Å². The van der Waals surface area contributed by atoms with E-state index in [9.17, 15) is 9.59 Å². The molecule has 0 aliphatic carbocycles. The minimum absolute atomic E-state index is 0. The third-order valence-electron chi connectivity index (χ3n) is 3.84. The van der Waals surface area contributed by atoms with Crippen molar-refractivity contribution in [2.24, 2.45) is 0 Å². The summed E-state index contributed by atoms with van der Waals surface area (Å²) < 4.78 is 8.42. The van der Waals surface area contributed by atoms with Crippen LogP contribution < -0.4 is 10.00 Å². The van der Waals surface area contributed by atoms with E-state index in [0.29, 0.717) is 6.61 Å². The summed E-state index contributed by atoms with van der Waals surface area (Å²) in [5.74, 6) is -0.457. The van der Waals surface area contributed by atoms with Crippen molar-refractivity contribution in [3.63, 3.8) is 0 Å². The summed E-state index contributed by atoms with van der Waals surface area (Å²) in [5.41, 5.74) is 3.78. The number of benzene rings is 1. The van der Waals surface area contributed by atoms with E-state index in [1.54, 1.807) is 22.5 Å². The normalized spacial score (nSPS) is 10.1. The van der Waals surface area contributed by atoms with Crippen LogP contribution in [-0.2, 0) is 60.1 Å². The van der Waals surface area contributed by atoms with E-state index < -0.39 is 0 Å². The molecule has 2 aromatic rings. The monoisotopic (exact) mass is 419 g/mol. The molecule has 0 atom stereocenters. The van der Waals surface area contributed by atoms with Gasteiger partial charge in [-0.2, -0.15) is 0 Å². The van der Waals surface area contributed by atoms with Crippen molar-refractivity contribution in [1.82, 2.24) is 4.68 Å². The maximum absolute atomic E-state index is 12.4. The summed E-state index contributed by atoms with van der Waals surface area (Å²) in [6.07, 6.45) is 1.78. The number of ether oxygens (including phenoxy) is 1. The zero-order valence-corrected chi connectivity index (χ0v) is 18.0. The van der Waals surface area contributed by atoms with Gasteiger partial charge < -0.3 is 10.1 Å². The Morgan fingerprint density at radius 2 is 1.80 bits per heavy atom. The molecule has 1 radical (unpaired) electrons. The fraction of sp³-hybridized carbons (Fsp3) is 0.389.